The molecule has 6 aromatic heterocycles. The number of nitrogens with zero attached hydrogens (tertiary/aromatic N) is 6. The smallest absolute Gasteiger partial charge is 0.160 e. The van der Waals surface area contributed by atoms with Crippen molar-refractivity contribution in [1.29, 1.82) is 0 Å². The molecule has 0 radical (unpaired) electrons. The summed E-state index contributed by atoms with van der Waals surface area (Å²) in [7, 11) is 0. The molecule has 0 saturated carbocycles. The average Bonchev–Trinajstić information content (AvgIpc) is 1.50. The summed E-state index contributed by atoms with van der Waals surface area (Å²) in [6.45, 7) is 0. The summed E-state index contributed by atoms with van der Waals surface area (Å²) in [6, 6.07) is 188. The Morgan fingerprint density at radius 3 is 0.833 bits per heavy atom. The fraction of sp³-hybridized carbons (Fsp3) is 0.0213. The van der Waals surface area contributed by atoms with E-state index in [4.69, 9.17) is 29.9 Å². The van der Waals surface area contributed by atoms with Crippen LogP contribution in [0.15, 0.2) is 522 Å². The van der Waals surface area contributed by atoms with Gasteiger partial charge in [-0.2, -0.15) is 0 Å². The minimum absolute atomic E-state index is 0.378. The van der Waals surface area contributed by atoms with Crippen LogP contribution < -0.4 is 0 Å². The Bertz CT molecular complexity index is 9720. The monoisotopic (exact) mass is 1960 g/mol. The van der Waals surface area contributed by atoms with Gasteiger partial charge in [-0.1, -0.05) is 467 Å². The van der Waals surface area contributed by atoms with Gasteiger partial charge in [-0.05, 0) is 177 Å². The second-order valence-corrected chi connectivity index (χ2v) is 42.5. The van der Waals surface area contributed by atoms with E-state index >= 15 is 0 Å². The van der Waals surface area contributed by atoms with E-state index in [2.05, 4.69) is 467 Å². The molecular weight excluding hydrogens is 1870 g/mol. The highest BCUT2D eigenvalue weighted by atomic mass is 32.1. The molecule has 150 heavy (non-hydrogen) atoms. The maximum Gasteiger partial charge on any atom is 0.160 e. The highest BCUT2D eigenvalue weighted by Crippen LogP contribution is 2.71. The predicted molar refractivity (Wildman–Crippen MR) is 621 cm³/mol. The maximum absolute atomic E-state index is 5.35. The molecule has 6 aliphatic carbocycles. The van der Waals surface area contributed by atoms with E-state index in [1.807, 2.05) is 88.6 Å². The van der Waals surface area contributed by atoms with Crippen molar-refractivity contribution < 1.29 is 0 Å². The normalized spacial score (nSPS) is 13.9. The van der Waals surface area contributed by atoms with Crippen molar-refractivity contribution in [2.45, 2.75) is 16.2 Å². The third kappa shape index (κ3) is 13.3. The number of hydrogen-bond acceptors (Lipinski definition) is 9. The first-order valence-electron chi connectivity index (χ1n) is 51.2. The van der Waals surface area contributed by atoms with Crippen LogP contribution in [0.5, 0.6) is 0 Å². The minimum atomic E-state index is -0.455. The topological polar surface area (TPSA) is 77.3 Å². The molecule has 0 amide bonds. The molecule has 0 bridgehead atoms. The lowest BCUT2D eigenvalue weighted by Crippen LogP contribution is -2.26. The minimum Gasteiger partial charge on any atom is -0.228 e. The van der Waals surface area contributed by atoms with Crippen molar-refractivity contribution in [2.24, 2.45) is 0 Å². The molecule has 0 aliphatic heterocycles. The lowest BCUT2D eigenvalue weighted by molar-refractivity contribution is 0.812. The van der Waals surface area contributed by atoms with E-state index in [1.165, 1.54) is 173 Å². The second kappa shape index (κ2) is 34.9. The van der Waals surface area contributed by atoms with E-state index in [1.54, 1.807) is 0 Å². The van der Waals surface area contributed by atoms with E-state index in [0.29, 0.717) is 0 Å². The summed E-state index contributed by atoms with van der Waals surface area (Å²) < 4.78 is 4.00. The molecule has 26 aromatic rings. The van der Waals surface area contributed by atoms with Gasteiger partial charge in [-0.3, -0.25) is 0 Å². The van der Waals surface area contributed by atoms with Gasteiger partial charge in [0.15, 0.2) is 17.5 Å². The zero-order valence-corrected chi connectivity index (χ0v) is 83.5. The van der Waals surface area contributed by atoms with E-state index in [0.717, 1.165) is 113 Å². The molecule has 32 rings (SSSR count). The maximum atomic E-state index is 5.35. The summed E-state index contributed by atoms with van der Waals surface area (Å²) in [5.74, 6) is 2.17. The molecule has 1 unspecified atom stereocenters. The summed E-state index contributed by atoms with van der Waals surface area (Å²) in [4.78, 5) is 35.2. The van der Waals surface area contributed by atoms with E-state index in [-0.39, 0.29) is 5.41 Å². The Hall–Kier alpha value is -18.5. The number of thiophene rings is 3. The number of aromatic nitrogens is 6. The van der Waals surface area contributed by atoms with Crippen LogP contribution in [0.1, 0.15) is 64.7 Å². The molecule has 3 spiro atoms. The quantitative estimate of drug-likeness (QED) is 0.128. The van der Waals surface area contributed by atoms with Gasteiger partial charge in [0.25, 0.3) is 0 Å². The number of fused-ring (bicyclic) bond motifs is 36. The zero-order valence-electron chi connectivity index (χ0n) is 81.1. The number of rotatable bonds is 11. The molecule has 0 saturated heterocycles. The van der Waals surface area contributed by atoms with Crippen molar-refractivity contribution in [2.75, 3.05) is 0 Å². The first kappa shape index (κ1) is 87.0. The van der Waals surface area contributed by atoms with Crippen LogP contribution in [-0.4, -0.2) is 29.9 Å². The van der Waals surface area contributed by atoms with Gasteiger partial charge in [0.2, 0.25) is 0 Å². The van der Waals surface area contributed by atoms with Gasteiger partial charge >= 0.3 is 0 Å². The first-order valence-corrected chi connectivity index (χ1v) is 53.6. The van der Waals surface area contributed by atoms with Gasteiger partial charge < -0.3 is 0 Å². The SMILES string of the molecule is c1ccc(-c2cc(-c3cccc(-c4ccc5c(c4)C4(c6ccccc6-c6ccccc64)c4sc6ccccc6c4-5)c3)nc(-c3ccccc3)n2)cc1.c1ccc(-c2cc(-c3cccc4c3C3(c5ccccc5-c5ccccc53)c3sc5ccccc5c3-4)nc(-c3ccccc3)n2)cc1.c1ccc(-c2cc(-c3ccccc3-c3ccc4c(c3)C3(c5ccccc5-4)c4ccccc4-c4c3sc3ccccc43)nc(-c3ccccc3)n2)cc1. The van der Waals surface area contributed by atoms with Gasteiger partial charge in [0.05, 0.1) is 50.4 Å². The fourth-order valence-electron chi connectivity index (χ4n) is 25.2. The summed E-state index contributed by atoms with van der Waals surface area (Å²) >= 11 is 5.84. The Morgan fingerprint density at radius 2 is 0.393 bits per heavy atom. The van der Waals surface area contributed by atoms with Crippen LogP contribution in [0.2, 0.25) is 0 Å². The van der Waals surface area contributed by atoms with Crippen LogP contribution in [0, 0.1) is 0 Å². The van der Waals surface area contributed by atoms with Crippen molar-refractivity contribution in [1.82, 2.24) is 29.9 Å². The molecule has 1 atom stereocenters. The lowest BCUT2D eigenvalue weighted by Gasteiger charge is -2.31. The summed E-state index contributed by atoms with van der Waals surface area (Å²) in [5, 5.41) is 3.99. The van der Waals surface area contributed by atoms with Crippen LogP contribution in [0.3, 0.4) is 0 Å². The van der Waals surface area contributed by atoms with Crippen LogP contribution in [0.4, 0.5) is 0 Å². The second-order valence-electron chi connectivity index (χ2n) is 39.4. The zero-order chi connectivity index (χ0) is 98.7. The Balaban J connectivity index is 0.000000104. The standard InChI is InChI=1S/2C49H30N2S.C43H26N2S/c1-3-14-31(15-4-1)43-30-44(51-48(50-43)32-16-5-2-6-17-32)35-19-13-18-33(28-35)34-26-27-38-42(29-34)49(47-46(38)39-22-9-12-25-45(39)52-47)40-23-10-7-20-36(40)37-21-8-11-24-41(37)49;1-3-15-31(16-4-1)43-30-44(51-48(50-43)32-17-5-2-6-18-32)37-21-8-7-19-34(37)33-27-28-36-35-20-9-12-24-40(35)49(42(36)29-33)41-25-13-10-22-38(41)46-39-23-11-14-26-45(39)52-47(46)49;1-3-14-27(15-4-1)36-26-37(45-42(44-36)28-16-5-2-6-17-28)31-21-13-22-33-39-32-20-9-12-25-38(32)46-41(39)43(40(31)33)34-23-10-7-18-29(34)30-19-8-11-24-35(30)43/h2*1-30H;1-26H. The molecule has 698 valence electrons. The Kier molecular flexibility index (Phi) is 20.2. The third-order valence-electron chi connectivity index (χ3n) is 31.5. The van der Waals surface area contributed by atoms with Crippen LogP contribution in [0.25, 0.3) is 221 Å². The Morgan fingerprint density at radius 1 is 0.140 bits per heavy atom. The van der Waals surface area contributed by atoms with Gasteiger partial charge in [0.1, 0.15) is 0 Å². The van der Waals surface area contributed by atoms with Crippen molar-refractivity contribution in [3.8, 4) is 191 Å². The van der Waals surface area contributed by atoms with Gasteiger partial charge in [-0.25, -0.2) is 29.9 Å². The third-order valence-corrected chi connectivity index (χ3v) is 35.4. The van der Waals surface area contributed by atoms with Crippen molar-refractivity contribution >= 4 is 64.3 Å². The van der Waals surface area contributed by atoms with E-state index in [9.17, 15) is 0 Å². The molecule has 6 heterocycles. The largest absolute Gasteiger partial charge is 0.228 e. The summed E-state index contributed by atoms with van der Waals surface area (Å²) in [5.41, 5.74) is 46.6. The average molecular weight is 1960 g/mol. The Labute approximate surface area is 880 Å². The van der Waals surface area contributed by atoms with Crippen LogP contribution >= 0.6 is 34.0 Å². The van der Waals surface area contributed by atoms with Crippen molar-refractivity contribution in [3.05, 3.63) is 586 Å². The molecule has 9 heteroatoms. The predicted octanol–water partition coefficient (Wildman–Crippen LogP) is 36.4. The van der Waals surface area contributed by atoms with E-state index < -0.39 is 10.8 Å². The molecule has 6 aliphatic rings. The highest BCUT2D eigenvalue weighted by Gasteiger charge is 2.58. The first-order chi connectivity index (χ1) is 74.4. The summed E-state index contributed by atoms with van der Waals surface area (Å²) in [6.07, 6.45) is 0. The number of benzene rings is 20. The van der Waals surface area contributed by atoms with Crippen LogP contribution in [-0.2, 0) is 16.2 Å². The molecule has 0 N–H and O–H groups in total. The number of hydrogen-bond donors (Lipinski definition) is 0. The molecular formula is C141H86N6S3. The molecule has 20 aromatic carbocycles. The fourth-order valence-corrected chi connectivity index (χ4v) is 29.6. The lowest BCUT2D eigenvalue weighted by atomic mass is 9.72. The van der Waals surface area contributed by atoms with Gasteiger partial charge in [0, 0.05) is 112 Å². The highest BCUT2D eigenvalue weighted by molar-refractivity contribution is 7.21. The van der Waals surface area contributed by atoms with Gasteiger partial charge in [-0.15, -0.1) is 34.0 Å². The molecule has 6 nitrogen and oxygen atoms in total. The molecule has 0 fully saturated rings. The van der Waals surface area contributed by atoms with Crippen molar-refractivity contribution in [3.63, 3.8) is 0 Å².